The van der Waals surface area contributed by atoms with E-state index in [-0.39, 0.29) is 11.6 Å². The fourth-order valence-electron chi connectivity index (χ4n) is 4.00. The van der Waals surface area contributed by atoms with E-state index >= 15 is 0 Å². The third-order valence-electron chi connectivity index (χ3n) is 5.32. The molecule has 2 aliphatic rings. The van der Waals surface area contributed by atoms with E-state index in [2.05, 4.69) is 25.7 Å². The Morgan fingerprint density at radius 2 is 1.72 bits per heavy atom. The van der Waals surface area contributed by atoms with Crippen LogP contribution < -0.4 is 0 Å². The zero-order valence-electron chi connectivity index (χ0n) is 12.5. The first-order chi connectivity index (χ1) is 8.51. The standard InChI is InChI=1S/C16H31NO/c1-13-8-7-9-14(12-13)15(18)16(2,3)17-10-5-4-6-11-17/h13-15,18H,4-12H2,1-3H3. The smallest absolute Gasteiger partial charge is 0.0746 e. The molecule has 0 amide bonds. The molecule has 1 aliphatic heterocycles. The number of nitrogens with zero attached hydrogens (tertiary/aromatic N) is 1. The Kier molecular flexibility index (Phi) is 4.71. The zero-order valence-corrected chi connectivity index (χ0v) is 12.5. The van der Waals surface area contributed by atoms with Gasteiger partial charge in [0.25, 0.3) is 0 Å². The van der Waals surface area contributed by atoms with Gasteiger partial charge < -0.3 is 5.11 Å². The van der Waals surface area contributed by atoms with Crippen LogP contribution in [0.25, 0.3) is 0 Å². The van der Waals surface area contributed by atoms with E-state index in [0.29, 0.717) is 5.92 Å². The minimum atomic E-state index is -0.154. The van der Waals surface area contributed by atoms with Crippen LogP contribution in [0.15, 0.2) is 0 Å². The van der Waals surface area contributed by atoms with Gasteiger partial charge in [-0.15, -0.1) is 0 Å². The molecule has 2 rings (SSSR count). The van der Waals surface area contributed by atoms with Crippen molar-refractivity contribution in [1.82, 2.24) is 4.90 Å². The SMILES string of the molecule is CC1CCCC(C(O)C(C)(C)N2CCCCC2)C1. The molecule has 1 saturated carbocycles. The molecule has 2 nitrogen and oxygen atoms in total. The molecule has 3 atom stereocenters. The first-order valence-corrected chi connectivity index (χ1v) is 7.95. The lowest BCUT2D eigenvalue weighted by Crippen LogP contribution is -2.56. The number of aliphatic hydroxyl groups is 1. The molecule has 0 aromatic rings. The summed E-state index contributed by atoms with van der Waals surface area (Å²) in [6.45, 7) is 9.19. The molecule has 2 heteroatoms. The summed E-state index contributed by atoms with van der Waals surface area (Å²) >= 11 is 0. The van der Waals surface area contributed by atoms with E-state index in [1.165, 1.54) is 58.0 Å². The van der Waals surface area contributed by atoms with Gasteiger partial charge in [0.2, 0.25) is 0 Å². The number of hydrogen-bond donors (Lipinski definition) is 1. The largest absolute Gasteiger partial charge is 0.391 e. The van der Waals surface area contributed by atoms with E-state index < -0.39 is 0 Å². The summed E-state index contributed by atoms with van der Waals surface area (Å²) in [6, 6.07) is 0. The van der Waals surface area contributed by atoms with Crippen LogP contribution >= 0.6 is 0 Å². The maximum Gasteiger partial charge on any atom is 0.0746 e. The molecule has 1 aliphatic carbocycles. The molecule has 0 spiro atoms. The van der Waals surface area contributed by atoms with Crippen LogP contribution in [0.4, 0.5) is 0 Å². The average molecular weight is 253 g/mol. The Hall–Kier alpha value is -0.0800. The van der Waals surface area contributed by atoms with Crippen molar-refractivity contribution in [2.24, 2.45) is 11.8 Å². The molecule has 3 unspecified atom stereocenters. The molecule has 0 aromatic carbocycles. The molecule has 1 N–H and O–H groups in total. The van der Waals surface area contributed by atoms with Crippen LogP contribution in [0.5, 0.6) is 0 Å². The van der Waals surface area contributed by atoms with Crippen LogP contribution in [-0.4, -0.2) is 34.7 Å². The lowest BCUT2D eigenvalue weighted by molar-refractivity contribution is -0.0608. The molecule has 0 bridgehead atoms. The molecule has 2 fully saturated rings. The summed E-state index contributed by atoms with van der Waals surface area (Å²) in [5.74, 6) is 1.32. The second-order valence-corrected chi connectivity index (χ2v) is 7.18. The van der Waals surface area contributed by atoms with Crippen LogP contribution in [-0.2, 0) is 0 Å². The molecule has 18 heavy (non-hydrogen) atoms. The lowest BCUT2D eigenvalue weighted by Gasteiger charge is -2.47. The molecule has 0 radical (unpaired) electrons. The van der Waals surface area contributed by atoms with Crippen molar-refractivity contribution in [3.05, 3.63) is 0 Å². The topological polar surface area (TPSA) is 23.5 Å². The molecular formula is C16H31NO. The van der Waals surface area contributed by atoms with E-state index in [4.69, 9.17) is 0 Å². The Labute approximate surface area is 113 Å². The third-order valence-corrected chi connectivity index (χ3v) is 5.32. The van der Waals surface area contributed by atoms with Crippen molar-refractivity contribution in [2.75, 3.05) is 13.1 Å². The first kappa shape index (κ1) is 14.3. The van der Waals surface area contributed by atoms with Gasteiger partial charge in [-0.3, -0.25) is 4.90 Å². The van der Waals surface area contributed by atoms with Crippen molar-refractivity contribution in [2.45, 2.75) is 77.4 Å². The van der Waals surface area contributed by atoms with Crippen LogP contribution in [0, 0.1) is 11.8 Å². The summed E-state index contributed by atoms with van der Waals surface area (Å²) < 4.78 is 0. The van der Waals surface area contributed by atoms with Crippen LogP contribution in [0.3, 0.4) is 0 Å². The van der Waals surface area contributed by atoms with Gasteiger partial charge in [-0.2, -0.15) is 0 Å². The summed E-state index contributed by atoms with van der Waals surface area (Å²) in [4.78, 5) is 2.53. The van der Waals surface area contributed by atoms with Gasteiger partial charge in [0.05, 0.1) is 6.10 Å². The highest BCUT2D eigenvalue weighted by Crippen LogP contribution is 2.36. The Morgan fingerprint density at radius 1 is 1.06 bits per heavy atom. The van der Waals surface area contributed by atoms with E-state index in [1.807, 2.05) is 0 Å². The Morgan fingerprint density at radius 3 is 2.33 bits per heavy atom. The van der Waals surface area contributed by atoms with Crippen molar-refractivity contribution in [3.8, 4) is 0 Å². The summed E-state index contributed by atoms with van der Waals surface area (Å²) in [5, 5.41) is 10.8. The first-order valence-electron chi connectivity index (χ1n) is 7.95. The number of rotatable bonds is 3. The number of likely N-dealkylation sites (tertiary alicyclic amines) is 1. The van der Waals surface area contributed by atoms with Crippen molar-refractivity contribution in [3.63, 3.8) is 0 Å². The van der Waals surface area contributed by atoms with E-state index in [9.17, 15) is 5.11 Å². The third kappa shape index (κ3) is 3.08. The van der Waals surface area contributed by atoms with Crippen LogP contribution in [0.1, 0.15) is 65.7 Å². The highest BCUT2D eigenvalue weighted by Gasteiger charge is 2.40. The van der Waals surface area contributed by atoms with Gasteiger partial charge >= 0.3 is 0 Å². The zero-order chi connectivity index (χ0) is 13.2. The van der Waals surface area contributed by atoms with Crippen LogP contribution in [0.2, 0.25) is 0 Å². The number of piperidine rings is 1. The highest BCUT2D eigenvalue weighted by atomic mass is 16.3. The molecule has 1 heterocycles. The van der Waals surface area contributed by atoms with Gasteiger partial charge in [0.15, 0.2) is 0 Å². The lowest BCUT2D eigenvalue weighted by atomic mass is 9.74. The second-order valence-electron chi connectivity index (χ2n) is 7.18. The number of hydrogen-bond acceptors (Lipinski definition) is 2. The van der Waals surface area contributed by atoms with Crippen molar-refractivity contribution < 1.29 is 5.11 Å². The maximum atomic E-state index is 10.8. The maximum absolute atomic E-state index is 10.8. The molecule has 106 valence electrons. The van der Waals surface area contributed by atoms with Gasteiger partial charge in [0, 0.05) is 5.54 Å². The fraction of sp³-hybridized carbons (Fsp3) is 1.00. The van der Waals surface area contributed by atoms with E-state index in [1.54, 1.807) is 0 Å². The monoisotopic (exact) mass is 253 g/mol. The molecular weight excluding hydrogens is 222 g/mol. The predicted molar refractivity (Wildman–Crippen MR) is 76.6 cm³/mol. The van der Waals surface area contributed by atoms with Gasteiger partial charge in [-0.1, -0.05) is 26.2 Å². The average Bonchev–Trinajstić information content (AvgIpc) is 2.39. The molecule has 1 saturated heterocycles. The predicted octanol–water partition coefficient (Wildman–Crippen LogP) is 3.44. The summed E-state index contributed by atoms with van der Waals surface area (Å²) in [5.41, 5.74) is -0.0395. The second kappa shape index (κ2) is 5.92. The van der Waals surface area contributed by atoms with Crippen molar-refractivity contribution in [1.29, 1.82) is 0 Å². The molecule has 0 aromatic heterocycles. The minimum Gasteiger partial charge on any atom is -0.391 e. The van der Waals surface area contributed by atoms with Gasteiger partial charge in [-0.05, 0) is 64.5 Å². The number of aliphatic hydroxyl groups excluding tert-OH is 1. The Bertz CT molecular complexity index is 258. The van der Waals surface area contributed by atoms with Gasteiger partial charge in [-0.25, -0.2) is 0 Å². The highest BCUT2D eigenvalue weighted by molar-refractivity contribution is 4.94. The fourth-order valence-corrected chi connectivity index (χ4v) is 4.00. The Balaban J connectivity index is 1.98. The van der Waals surface area contributed by atoms with Gasteiger partial charge in [0.1, 0.15) is 0 Å². The minimum absolute atomic E-state index is 0.0395. The summed E-state index contributed by atoms with van der Waals surface area (Å²) in [6.07, 6.45) is 8.92. The normalized spacial score (nSPS) is 33.3. The quantitative estimate of drug-likeness (QED) is 0.833. The summed E-state index contributed by atoms with van der Waals surface area (Å²) in [7, 11) is 0. The van der Waals surface area contributed by atoms with E-state index in [0.717, 1.165) is 5.92 Å². The van der Waals surface area contributed by atoms with Crippen molar-refractivity contribution >= 4 is 0 Å².